The standard InChI is InChI=1S/C12H21N3O2S/c1-12(2,3)11-14-13-10(15(11)4)7-9-5-6-18(16,17)8-9/h9H,5-8H2,1-4H3. The highest BCUT2D eigenvalue weighted by atomic mass is 32.2. The normalized spacial score (nSPS) is 23.4. The van der Waals surface area contributed by atoms with Gasteiger partial charge in [-0.3, -0.25) is 0 Å². The van der Waals surface area contributed by atoms with E-state index >= 15 is 0 Å². The molecule has 0 radical (unpaired) electrons. The lowest BCUT2D eigenvalue weighted by molar-refractivity contribution is 0.507. The first-order valence-corrected chi connectivity index (χ1v) is 8.10. The van der Waals surface area contributed by atoms with E-state index in [0.29, 0.717) is 17.9 Å². The third kappa shape index (κ3) is 2.74. The number of hydrogen-bond donors (Lipinski definition) is 0. The molecule has 1 aliphatic rings. The molecule has 102 valence electrons. The summed E-state index contributed by atoms with van der Waals surface area (Å²) in [5, 5.41) is 8.44. The highest BCUT2D eigenvalue weighted by Gasteiger charge is 2.30. The Balaban J connectivity index is 2.15. The van der Waals surface area contributed by atoms with Crippen LogP contribution in [0, 0.1) is 5.92 Å². The van der Waals surface area contributed by atoms with Gasteiger partial charge in [0.1, 0.15) is 11.6 Å². The van der Waals surface area contributed by atoms with E-state index in [0.717, 1.165) is 18.1 Å². The lowest BCUT2D eigenvalue weighted by Crippen LogP contribution is -2.19. The molecule has 18 heavy (non-hydrogen) atoms. The van der Waals surface area contributed by atoms with E-state index in [1.165, 1.54) is 0 Å². The van der Waals surface area contributed by atoms with Gasteiger partial charge in [-0.05, 0) is 12.3 Å². The molecule has 1 unspecified atom stereocenters. The Bertz CT molecular complexity index is 540. The van der Waals surface area contributed by atoms with E-state index in [-0.39, 0.29) is 11.3 Å². The van der Waals surface area contributed by atoms with Crippen molar-refractivity contribution < 1.29 is 8.42 Å². The lowest BCUT2D eigenvalue weighted by Gasteiger charge is -2.17. The van der Waals surface area contributed by atoms with E-state index in [2.05, 4.69) is 31.0 Å². The van der Waals surface area contributed by atoms with Gasteiger partial charge in [-0.15, -0.1) is 10.2 Å². The summed E-state index contributed by atoms with van der Waals surface area (Å²) in [6.45, 7) is 6.29. The number of sulfone groups is 1. The maximum absolute atomic E-state index is 11.4. The molecule has 1 saturated heterocycles. The third-order valence-electron chi connectivity index (χ3n) is 3.43. The number of aromatic nitrogens is 3. The second-order valence-electron chi connectivity index (χ2n) is 6.22. The van der Waals surface area contributed by atoms with Crippen molar-refractivity contribution in [3.05, 3.63) is 11.6 Å². The zero-order valence-corrected chi connectivity index (χ0v) is 12.3. The summed E-state index contributed by atoms with van der Waals surface area (Å²) in [6.07, 6.45) is 1.46. The zero-order valence-electron chi connectivity index (χ0n) is 11.5. The van der Waals surface area contributed by atoms with Gasteiger partial charge in [0.25, 0.3) is 0 Å². The van der Waals surface area contributed by atoms with E-state index in [1.807, 2.05) is 11.6 Å². The van der Waals surface area contributed by atoms with Crippen LogP contribution in [0.4, 0.5) is 0 Å². The molecule has 0 bridgehead atoms. The van der Waals surface area contributed by atoms with Crippen molar-refractivity contribution in [2.45, 2.75) is 39.0 Å². The largest absolute Gasteiger partial charge is 0.318 e. The van der Waals surface area contributed by atoms with Crippen LogP contribution in [0.1, 0.15) is 38.8 Å². The molecule has 0 aromatic carbocycles. The second-order valence-corrected chi connectivity index (χ2v) is 8.45. The molecule has 2 rings (SSSR count). The first kappa shape index (κ1) is 13.5. The van der Waals surface area contributed by atoms with Crippen molar-refractivity contribution in [3.63, 3.8) is 0 Å². The first-order chi connectivity index (χ1) is 8.19. The summed E-state index contributed by atoms with van der Waals surface area (Å²) in [4.78, 5) is 0. The van der Waals surface area contributed by atoms with Crippen molar-refractivity contribution in [2.75, 3.05) is 11.5 Å². The molecule has 1 aliphatic heterocycles. The Labute approximate surface area is 109 Å². The Morgan fingerprint density at radius 3 is 2.44 bits per heavy atom. The van der Waals surface area contributed by atoms with E-state index in [9.17, 15) is 8.42 Å². The fraction of sp³-hybridized carbons (Fsp3) is 0.833. The summed E-state index contributed by atoms with van der Waals surface area (Å²) >= 11 is 0. The molecule has 6 heteroatoms. The average Bonchev–Trinajstić information content (AvgIpc) is 2.71. The van der Waals surface area contributed by atoms with Gasteiger partial charge in [0, 0.05) is 18.9 Å². The minimum absolute atomic E-state index is 0.0399. The Hall–Kier alpha value is -0.910. The number of hydrogen-bond acceptors (Lipinski definition) is 4. The van der Waals surface area contributed by atoms with E-state index in [4.69, 9.17) is 0 Å². The fourth-order valence-electron chi connectivity index (χ4n) is 2.48. The van der Waals surface area contributed by atoms with Crippen LogP contribution in [0.15, 0.2) is 0 Å². The topological polar surface area (TPSA) is 64.8 Å². The highest BCUT2D eigenvalue weighted by molar-refractivity contribution is 7.91. The molecule has 1 fully saturated rings. The number of rotatable bonds is 2. The van der Waals surface area contributed by atoms with Crippen molar-refractivity contribution in [1.29, 1.82) is 0 Å². The molecule has 1 aromatic rings. The first-order valence-electron chi connectivity index (χ1n) is 6.28. The monoisotopic (exact) mass is 271 g/mol. The minimum Gasteiger partial charge on any atom is -0.318 e. The molecule has 1 aromatic heterocycles. The van der Waals surface area contributed by atoms with Gasteiger partial charge in [-0.2, -0.15) is 0 Å². The SMILES string of the molecule is Cn1c(CC2CCS(=O)(=O)C2)nnc1C(C)(C)C. The predicted molar refractivity (Wildman–Crippen MR) is 70.2 cm³/mol. The second kappa shape index (κ2) is 4.33. The van der Waals surface area contributed by atoms with Crippen LogP contribution in [0.2, 0.25) is 0 Å². The summed E-state index contributed by atoms with van der Waals surface area (Å²) in [5.74, 6) is 2.65. The van der Waals surface area contributed by atoms with E-state index < -0.39 is 9.84 Å². The van der Waals surface area contributed by atoms with Crippen molar-refractivity contribution in [2.24, 2.45) is 13.0 Å². The number of nitrogens with zero attached hydrogens (tertiary/aromatic N) is 3. The van der Waals surface area contributed by atoms with Gasteiger partial charge in [0.2, 0.25) is 0 Å². The fourth-order valence-corrected chi connectivity index (χ4v) is 4.35. The molecule has 5 nitrogen and oxygen atoms in total. The van der Waals surface area contributed by atoms with Gasteiger partial charge in [-0.1, -0.05) is 20.8 Å². The maximum atomic E-state index is 11.4. The smallest absolute Gasteiger partial charge is 0.150 e. The van der Waals surface area contributed by atoms with Crippen LogP contribution in [-0.2, 0) is 28.7 Å². The lowest BCUT2D eigenvalue weighted by atomic mass is 9.95. The van der Waals surface area contributed by atoms with E-state index in [1.54, 1.807) is 0 Å². The van der Waals surface area contributed by atoms with Crippen LogP contribution in [0.3, 0.4) is 0 Å². The Morgan fingerprint density at radius 1 is 1.33 bits per heavy atom. The summed E-state index contributed by atoms with van der Waals surface area (Å²) in [7, 11) is -0.850. The van der Waals surface area contributed by atoms with Crippen LogP contribution in [-0.4, -0.2) is 34.7 Å². The molecule has 0 N–H and O–H groups in total. The maximum Gasteiger partial charge on any atom is 0.150 e. The predicted octanol–water partition coefficient (Wildman–Crippen LogP) is 1.09. The summed E-state index contributed by atoms with van der Waals surface area (Å²) < 4.78 is 24.9. The summed E-state index contributed by atoms with van der Waals surface area (Å²) in [5.41, 5.74) is -0.0399. The molecule has 0 saturated carbocycles. The van der Waals surface area contributed by atoms with Gasteiger partial charge < -0.3 is 4.57 Å². The van der Waals surface area contributed by atoms with Gasteiger partial charge in [0.15, 0.2) is 9.84 Å². The van der Waals surface area contributed by atoms with Crippen LogP contribution in [0.5, 0.6) is 0 Å². The van der Waals surface area contributed by atoms with Crippen molar-refractivity contribution >= 4 is 9.84 Å². The van der Waals surface area contributed by atoms with Crippen LogP contribution < -0.4 is 0 Å². The molecule has 2 heterocycles. The molecule has 0 amide bonds. The molecular formula is C12H21N3O2S. The molecule has 0 spiro atoms. The van der Waals surface area contributed by atoms with Crippen molar-refractivity contribution in [3.8, 4) is 0 Å². The Kier molecular flexibility index (Phi) is 3.25. The van der Waals surface area contributed by atoms with Crippen molar-refractivity contribution in [1.82, 2.24) is 14.8 Å². The van der Waals surface area contributed by atoms with Crippen LogP contribution >= 0.6 is 0 Å². The quantitative estimate of drug-likeness (QED) is 0.807. The zero-order chi connectivity index (χ0) is 13.6. The van der Waals surface area contributed by atoms with Crippen LogP contribution in [0.25, 0.3) is 0 Å². The highest BCUT2D eigenvalue weighted by Crippen LogP contribution is 2.24. The Morgan fingerprint density at radius 2 is 2.00 bits per heavy atom. The minimum atomic E-state index is -2.81. The summed E-state index contributed by atoms with van der Waals surface area (Å²) in [6, 6.07) is 0. The molecule has 1 atom stereocenters. The average molecular weight is 271 g/mol. The van der Waals surface area contributed by atoms with Gasteiger partial charge in [0.05, 0.1) is 11.5 Å². The molecule has 0 aliphatic carbocycles. The molecular weight excluding hydrogens is 250 g/mol. The third-order valence-corrected chi connectivity index (χ3v) is 5.27. The van der Waals surface area contributed by atoms with Gasteiger partial charge in [-0.25, -0.2) is 8.42 Å². The van der Waals surface area contributed by atoms with Gasteiger partial charge >= 0.3 is 0 Å².